The number of nitrogens with zero attached hydrogens (tertiary/aromatic N) is 2. The number of para-hydroxylation sites is 1. The monoisotopic (exact) mass is 627 g/mol. The summed E-state index contributed by atoms with van der Waals surface area (Å²) in [7, 11) is 0. The van der Waals surface area contributed by atoms with E-state index < -0.39 is 6.17 Å². The van der Waals surface area contributed by atoms with E-state index in [1.165, 1.54) is 32.7 Å². The molecule has 230 valence electrons. The molecule has 49 heavy (non-hydrogen) atoms. The summed E-state index contributed by atoms with van der Waals surface area (Å²) in [5.74, 6) is 1.48. The summed E-state index contributed by atoms with van der Waals surface area (Å²) >= 11 is 0. The first-order valence-electron chi connectivity index (χ1n) is 16.6. The number of fused-ring (bicyclic) bond motifs is 7. The van der Waals surface area contributed by atoms with Gasteiger partial charge in [-0.05, 0) is 73.8 Å². The Labute approximate surface area is 282 Å². The van der Waals surface area contributed by atoms with Gasteiger partial charge in [0.05, 0.1) is 0 Å². The highest BCUT2D eigenvalue weighted by Gasteiger charge is 2.26. The van der Waals surface area contributed by atoms with Crippen LogP contribution in [0.15, 0.2) is 178 Å². The van der Waals surface area contributed by atoms with Crippen LogP contribution in [0.2, 0.25) is 0 Å². The van der Waals surface area contributed by atoms with Crippen molar-refractivity contribution in [2.75, 3.05) is 0 Å². The molecular weight excluding hydrogens is 599 g/mol. The van der Waals surface area contributed by atoms with Crippen LogP contribution in [0.5, 0.6) is 0 Å². The van der Waals surface area contributed by atoms with Gasteiger partial charge in [0, 0.05) is 27.5 Å². The van der Waals surface area contributed by atoms with Crippen molar-refractivity contribution in [2.24, 2.45) is 9.98 Å². The van der Waals surface area contributed by atoms with Crippen molar-refractivity contribution in [3.05, 3.63) is 180 Å². The van der Waals surface area contributed by atoms with Crippen LogP contribution in [-0.2, 0) is 0 Å². The molecular formula is C45H29N3O. The first kappa shape index (κ1) is 27.6. The van der Waals surface area contributed by atoms with Crippen LogP contribution in [0.1, 0.15) is 22.9 Å². The third-order valence-electron chi connectivity index (χ3n) is 9.70. The van der Waals surface area contributed by atoms with Crippen LogP contribution in [0.25, 0.3) is 65.4 Å². The second-order valence-corrected chi connectivity index (χ2v) is 12.6. The van der Waals surface area contributed by atoms with Crippen molar-refractivity contribution in [1.29, 1.82) is 0 Å². The van der Waals surface area contributed by atoms with Gasteiger partial charge in [0.2, 0.25) is 0 Å². The second kappa shape index (κ2) is 11.0. The van der Waals surface area contributed by atoms with E-state index in [4.69, 9.17) is 14.4 Å². The van der Waals surface area contributed by atoms with Crippen LogP contribution in [0.3, 0.4) is 0 Å². The number of benzene rings is 8. The Morgan fingerprint density at radius 2 is 1.14 bits per heavy atom. The maximum atomic E-state index is 6.30. The third kappa shape index (κ3) is 4.61. The molecule has 0 spiro atoms. The fraction of sp³-hybridized carbons (Fsp3) is 0.0222. The normalized spacial score (nSPS) is 14.7. The van der Waals surface area contributed by atoms with Gasteiger partial charge in [0.1, 0.15) is 23.2 Å². The minimum Gasteiger partial charge on any atom is -0.456 e. The molecule has 9 aromatic rings. The first-order chi connectivity index (χ1) is 24.3. The topological polar surface area (TPSA) is 49.9 Å². The molecule has 4 heteroatoms. The molecule has 1 unspecified atom stereocenters. The zero-order valence-corrected chi connectivity index (χ0v) is 26.5. The molecule has 0 amide bonds. The van der Waals surface area contributed by atoms with Gasteiger partial charge in [-0.2, -0.15) is 0 Å². The Kier molecular flexibility index (Phi) is 6.21. The highest BCUT2D eigenvalue weighted by molar-refractivity contribution is 6.22. The van der Waals surface area contributed by atoms with Gasteiger partial charge >= 0.3 is 0 Å². The van der Waals surface area contributed by atoms with Crippen LogP contribution in [-0.4, -0.2) is 11.7 Å². The molecule has 4 nitrogen and oxygen atoms in total. The molecule has 1 aliphatic heterocycles. The number of hydrogen-bond acceptors (Lipinski definition) is 4. The first-order valence-corrected chi connectivity index (χ1v) is 16.6. The van der Waals surface area contributed by atoms with Crippen LogP contribution in [0, 0.1) is 0 Å². The van der Waals surface area contributed by atoms with E-state index in [0.717, 1.165) is 55.2 Å². The highest BCUT2D eigenvalue weighted by Crippen LogP contribution is 2.37. The van der Waals surface area contributed by atoms with Crippen molar-refractivity contribution < 1.29 is 4.42 Å². The predicted octanol–water partition coefficient (Wildman–Crippen LogP) is 11.2. The Morgan fingerprint density at radius 1 is 0.469 bits per heavy atom. The van der Waals surface area contributed by atoms with E-state index >= 15 is 0 Å². The average molecular weight is 628 g/mol. The van der Waals surface area contributed by atoms with Crippen LogP contribution < -0.4 is 5.32 Å². The molecule has 1 atom stereocenters. The van der Waals surface area contributed by atoms with Gasteiger partial charge in [0.15, 0.2) is 5.84 Å². The number of nitrogens with one attached hydrogen (secondary N) is 1. The standard InChI is InChI=1S/C45H29N3O/c1-2-11-28(12-3-1)29-21-22-31-26-33(24-23-30(31)25-29)43-46-44(38-18-10-20-41-42(38)37-17-8-9-19-40(37)49-41)48-45(47-43)39-27-32-13-4-5-14-34(32)35-15-6-7-16-36(35)39/h1-27,44H,(H,46,47,48). The van der Waals surface area contributed by atoms with Gasteiger partial charge in [-0.3, -0.25) is 0 Å². The number of aliphatic imine (C=N–C) groups is 2. The third-order valence-corrected chi connectivity index (χ3v) is 9.70. The lowest BCUT2D eigenvalue weighted by atomic mass is 9.96. The maximum Gasteiger partial charge on any atom is 0.159 e. The van der Waals surface area contributed by atoms with E-state index in [1.807, 2.05) is 24.3 Å². The largest absolute Gasteiger partial charge is 0.456 e. The quantitative estimate of drug-likeness (QED) is 0.197. The number of rotatable bonds is 4. The molecule has 1 aliphatic rings. The Balaban J connectivity index is 1.17. The summed E-state index contributed by atoms with van der Waals surface area (Å²) in [5.41, 5.74) is 7.18. The van der Waals surface area contributed by atoms with Gasteiger partial charge in [-0.1, -0.05) is 133 Å². The lowest BCUT2D eigenvalue weighted by Crippen LogP contribution is -2.33. The zero-order valence-electron chi connectivity index (χ0n) is 26.5. The van der Waals surface area contributed by atoms with Crippen molar-refractivity contribution >= 4 is 65.9 Å². The van der Waals surface area contributed by atoms with E-state index in [-0.39, 0.29) is 0 Å². The van der Waals surface area contributed by atoms with Crippen LogP contribution in [0.4, 0.5) is 0 Å². The lowest BCUT2D eigenvalue weighted by Gasteiger charge is -2.25. The van der Waals surface area contributed by atoms with Gasteiger partial charge in [-0.25, -0.2) is 9.98 Å². The molecule has 0 saturated carbocycles. The summed E-state index contributed by atoms with van der Waals surface area (Å²) in [4.78, 5) is 10.6. The molecule has 1 aromatic heterocycles. The van der Waals surface area contributed by atoms with Gasteiger partial charge < -0.3 is 9.73 Å². The Hall–Kier alpha value is -6.52. The summed E-state index contributed by atoms with van der Waals surface area (Å²) in [6, 6.07) is 57.5. The molecule has 0 fully saturated rings. The summed E-state index contributed by atoms with van der Waals surface area (Å²) in [5, 5.41) is 13.0. The number of hydrogen-bond donors (Lipinski definition) is 1. The average Bonchev–Trinajstić information content (AvgIpc) is 3.56. The molecule has 0 bridgehead atoms. The van der Waals surface area contributed by atoms with E-state index in [2.05, 4.69) is 145 Å². The fourth-order valence-electron chi connectivity index (χ4n) is 7.35. The van der Waals surface area contributed by atoms with Gasteiger partial charge in [0.25, 0.3) is 0 Å². The predicted molar refractivity (Wildman–Crippen MR) is 204 cm³/mol. The Bertz CT molecular complexity index is 2810. The van der Waals surface area contributed by atoms with E-state index in [9.17, 15) is 0 Å². The smallest absolute Gasteiger partial charge is 0.159 e. The molecule has 0 radical (unpaired) electrons. The van der Waals surface area contributed by atoms with Crippen molar-refractivity contribution in [3.63, 3.8) is 0 Å². The molecule has 10 rings (SSSR count). The number of amidine groups is 2. The zero-order chi connectivity index (χ0) is 32.3. The van der Waals surface area contributed by atoms with Crippen molar-refractivity contribution in [3.8, 4) is 11.1 Å². The van der Waals surface area contributed by atoms with Crippen molar-refractivity contribution in [1.82, 2.24) is 5.32 Å². The summed E-state index contributed by atoms with van der Waals surface area (Å²) < 4.78 is 6.30. The summed E-state index contributed by atoms with van der Waals surface area (Å²) in [6.07, 6.45) is -0.395. The fourth-order valence-corrected chi connectivity index (χ4v) is 7.35. The number of furan rings is 1. The molecule has 2 heterocycles. The van der Waals surface area contributed by atoms with Crippen molar-refractivity contribution in [2.45, 2.75) is 6.17 Å². The van der Waals surface area contributed by atoms with E-state index in [1.54, 1.807) is 0 Å². The minimum absolute atomic E-state index is 0.395. The molecule has 0 saturated heterocycles. The molecule has 1 N–H and O–H groups in total. The minimum atomic E-state index is -0.395. The molecule has 0 aliphatic carbocycles. The highest BCUT2D eigenvalue weighted by atomic mass is 16.3. The lowest BCUT2D eigenvalue weighted by molar-refractivity contribution is 0.662. The SMILES string of the molecule is c1ccc(-c2ccc3cc(C4=NC(c5cccc6oc7ccccc7c56)NC(c5cc6ccccc6c6ccccc56)=N4)ccc3c2)cc1. The van der Waals surface area contributed by atoms with Gasteiger partial charge in [-0.15, -0.1) is 0 Å². The Morgan fingerprint density at radius 3 is 2.00 bits per heavy atom. The summed E-state index contributed by atoms with van der Waals surface area (Å²) in [6.45, 7) is 0. The second-order valence-electron chi connectivity index (χ2n) is 12.6. The van der Waals surface area contributed by atoms with Crippen LogP contribution >= 0.6 is 0 Å². The maximum absolute atomic E-state index is 6.30. The van der Waals surface area contributed by atoms with E-state index in [0.29, 0.717) is 5.84 Å². The molecule has 8 aromatic carbocycles.